The Kier molecular flexibility index (Phi) is 5.26. The highest BCUT2D eigenvalue weighted by molar-refractivity contribution is 5.20. The zero-order valence-electron chi connectivity index (χ0n) is 10.7. The molecule has 1 unspecified atom stereocenters. The molecule has 0 amide bonds. The van der Waals surface area contributed by atoms with E-state index in [1.165, 1.54) is 5.56 Å². The lowest BCUT2D eigenvalue weighted by Gasteiger charge is -2.20. The zero-order chi connectivity index (χ0) is 12.0. The van der Waals surface area contributed by atoms with E-state index in [2.05, 4.69) is 31.1 Å². The van der Waals surface area contributed by atoms with Crippen molar-refractivity contribution in [3.05, 3.63) is 23.9 Å². The first-order valence-electron chi connectivity index (χ1n) is 5.89. The fraction of sp³-hybridized carbons (Fsp3) is 0.615. The molecule has 16 heavy (non-hydrogen) atoms. The Balaban J connectivity index is 2.53. The highest BCUT2D eigenvalue weighted by Crippen LogP contribution is 2.10. The number of aromatic nitrogens is 1. The van der Waals surface area contributed by atoms with Crippen LogP contribution >= 0.6 is 0 Å². The standard InChI is InChI=1S/C13H22N2O/c1-5-12(10(2)3)15-9-11-6-7-14-13(8-11)16-4/h6-8,10,12,15H,5,9H2,1-4H3. The van der Waals surface area contributed by atoms with Gasteiger partial charge in [0, 0.05) is 24.8 Å². The molecule has 0 radical (unpaired) electrons. The molecule has 0 fully saturated rings. The molecule has 1 aromatic heterocycles. The second-order valence-electron chi connectivity index (χ2n) is 4.35. The molecule has 1 N–H and O–H groups in total. The van der Waals surface area contributed by atoms with Crippen LogP contribution in [0.1, 0.15) is 32.8 Å². The van der Waals surface area contributed by atoms with Crippen molar-refractivity contribution >= 4 is 0 Å². The lowest BCUT2D eigenvalue weighted by atomic mass is 10.0. The van der Waals surface area contributed by atoms with Gasteiger partial charge in [-0.3, -0.25) is 0 Å². The zero-order valence-corrected chi connectivity index (χ0v) is 10.7. The summed E-state index contributed by atoms with van der Waals surface area (Å²) in [5.41, 5.74) is 1.21. The molecule has 0 aromatic carbocycles. The third-order valence-electron chi connectivity index (χ3n) is 2.82. The quantitative estimate of drug-likeness (QED) is 0.803. The summed E-state index contributed by atoms with van der Waals surface area (Å²) < 4.78 is 5.10. The molecule has 1 rings (SSSR count). The van der Waals surface area contributed by atoms with Crippen molar-refractivity contribution in [1.82, 2.24) is 10.3 Å². The number of nitrogens with zero attached hydrogens (tertiary/aromatic N) is 1. The van der Waals surface area contributed by atoms with E-state index >= 15 is 0 Å². The van der Waals surface area contributed by atoms with Gasteiger partial charge in [-0.25, -0.2) is 4.98 Å². The number of rotatable bonds is 6. The van der Waals surface area contributed by atoms with Crippen LogP contribution in [-0.2, 0) is 6.54 Å². The molecule has 0 saturated heterocycles. The van der Waals surface area contributed by atoms with Crippen LogP contribution in [-0.4, -0.2) is 18.1 Å². The molecular formula is C13H22N2O. The molecular weight excluding hydrogens is 200 g/mol. The van der Waals surface area contributed by atoms with Crippen LogP contribution in [0.15, 0.2) is 18.3 Å². The molecule has 0 spiro atoms. The lowest BCUT2D eigenvalue weighted by molar-refractivity contribution is 0.383. The Morgan fingerprint density at radius 2 is 2.19 bits per heavy atom. The van der Waals surface area contributed by atoms with Gasteiger partial charge < -0.3 is 10.1 Å². The first-order valence-corrected chi connectivity index (χ1v) is 5.89. The summed E-state index contributed by atoms with van der Waals surface area (Å²) in [4.78, 5) is 4.09. The molecule has 1 atom stereocenters. The summed E-state index contributed by atoms with van der Waals surface area (Å²) in [6, 6.07) is 4.56. The predicted octanol–water partition coefficient (Wildman–Crippen LogP) is 2.61. The van der Waals surface area contributed by atoms with Crippen LogP contribution in [0.4, 0.5) is 0 Å². The van der Waals surface area contributed by atoms with Gasteiger partial charge in [-0.1, -0.05) is 20.8 Å². The molecule has 90 valence electrons. The first kappa shape index (κ1) is 13.0. The summed E-state index contributed by atoms with van der Waals surface area (Å²) in [5.74, 6) is 1.34. The minimum atomic E-state index is 0.569. The molecule has 0 aliphatic heterocycles. The van der Waals surface area contributed by atoms with Crippen molar-refractivity contribution in [1.29, 1.82) is 0 Å². The summed E-state index contributed by atoms with van der Waals surface area (Å²) in [6.45, 7) is 7.57. The van der Waals surface area contributed by atoms with Crippen LogP contribution in [0.3, 0.4) is 0 Å². The summed E-state index contributed by atoms with van der Waals surface area (Å²) in [5, 5.41) is 3.55. The number of ether oxygens (including phenoxy) is 1. The minimum absolute atomic E-state index is 0.569. The lowest BCUT2D eigenvalue weighted by Crippen LogP contribution is -2.32. The van der Waals surface area contributed by atoms with E-state index in [1.807, 2.05) is 12.1 Å². The molecule has 0 saturated carbocycles. The van der Waals surface area contributed by atoms with Crippen molar-refractivity contribution in [3.8, 4) is 5.88 Å². The molecule has 1 aromatic rings. The van der Waals surface area contributed by atoms with Gasteiger partial charge in [-0.05, 0) is 24.0 Å². The maximum absolute atomic E-state index is 5.10. The summed E-state index contributed by atoms with van der Waals surface area (Å²) >= 11 is 0. The van der Waals surface area contributed by atoms with Gasteiger partial charge in [0.15, 0.2) is 0 Å². The van der Waals surface area contributed by atoms with E-state index in [1.54, 1.807) is 13.3 Å². The van der Waals surface area contributed by atoms with Crippen molar-refractivity contribution in [2.45, 2.75) is 39.8 Å². The number of methoxy groups -OCH3 is 1. The van der Waals surface area contributed by atoms with Gasteiger partial charge in [0.1, 0.15) is 0 Å². The van der Waals surface area contributed by atoms with Crippen molar-refractivity contribution in [2.24, 2.45) is 5.92 Å². The van der Waals surface area contributed by atoms with E-state index in [-0.39, 0.29) is 0 Å². The van der Waals surface area contributed by atoms with Crippen molar-refractivity contribution < 1.29 is 4.74 Å². The average Bonchev–Trinajstić information content (AvgIpc) is 2.29. The topological polar surface area (TPSA) is 34.2 Å². The molecule has 0 aliphatic rings. The minimum Gasteiger partial charge on any atom is -0.481 e. The van der Waals surface area contributed by atoms with Gasteiger partial charge in [0.25, 0.3) is 0 Å². The van der Waals surface area contributed by atoms with E-state index in [4.69, 9.17) is 4.74 Å². The first-order chi connectivity index (χ1) is 7.67. The monoisotopic (exact) mass is 222 g/mol. The smallest absolute Gasteiger partial charge is 0.213 e. The number of pyridine rings is 1. The van der Waals surface area contributed by atoms with Crippen LogP contribution in [0.25, 0.3) is 0 Å². The Labute approximate surface area is 98.2 Å². The Morgan fingerprint density at radius 3 is 2.75 bits per heavy atom. The third-order valence-corrected chi connectivity index (χ3v) is 2.82. The van der Waals surface area contributed by atoms with Gasteiger partial charge in [0.2, 0.25) is 5.88 Å². The number of nitrogens with one attached hydrogen (secondary N) is 1. The van der Waals surface area contributed by atoms with Gasteiger partial charge in [0.05, 0.1) is 7.11 Å². The van der Waals surface area contributed by atoms with E-state index in [9.17, 15) is 0 Å². The second kappa shape index (κ2) is 6.48. The van der Waals surface area contributed by atoms with Gasteiger partial charge in [-0.15, -0.1) is 0 Å². The highest BCUT2D eigenvalue weighted by Gasteiger charge is 2.09. The molecule has 1 heterocycles. The number of hydrogen-bond donors (Lipinski definition) is 1. The maximum atomic E-state index is 5.10. The van der Waals surface area contributed by atoms with Crippen LogP contribution in [0.5, 0.6) is 5.88 Å². The van der Waals surface area contributed by atoms with E-state index < -0.39 is 0 Å². The molecule has 3 heteroatoms. The van der Waals surface area contributed by atoms with Crippen LogP contribution < -0.4 is 10.1 Å². The van der Waals surface area contributed by atoms with Crippen molar-refractivity contribution in [3.63, 3.8) is 0 Å². The van der Waals surface area contributed by atoms with Crippen LogP contribution in [0.2, 0.25) is 0 Å². The Hall–Kier alpha value is -1.09. The second-order valence-corrected chi connectivity index (χ2v) is 4.35. The van der Waals surface area contributed by atoms with E-state index in [0.29, 0.717) is 17.8 Å². The molecule has 3 nitrogen and oxygen atoms in total. The SMILES string of the molecule is CCC(NCc1ccnc(OC)c1)C(C)C. The normalized spacial score (nSPS) is 12.8. The fourth-order valence-corrected chi connectivity index (χ4v) is 1.77. The predicted molar refractivity (Wildman–Crippen MR) is 66.5 cm³/mol. The van der Waals surface area contributed by atoms with Gasteiger partial charge >= 0.3 is 0 Å². The van der Waals surface area contributed by atoms with Gasteiger partial charge in [-0.2, -0.15) is 0 Å². The summed E-state index contributed by atoms with van der Waals surface area (Å²) in [6.07, 6.45) is 2.94. The summed E-state index contributed by atoms with van der Waals surface area (Å²) in [7, 11) is 1.64. The Morgan fingerprint density at radius 1 is 1.44 bits per heavy atom. The average molecular weight is 222 g/mol. The largest absolute Gasteiger partial charge is 0.481 e. The van der Waals surface area contributed by atoms with Crippen molar-refractivity contribution in [2.75, 3.05) is 7.11 Å². The number of hydrogen-bond acceptors (Lipinski definition) is 3. The van der Waals surface area contributed by atoms with E-state index in [0.717, 1.165) is 13.0 Å². The third kappa shape index (κ3) is 3.81. The maximum Gasteiger partial charge on any atom is 0.213 e. The highest BCUT2D eigenvalue weighted by atomic mass is 16.5. The molecule has 0 bridgehead atoms. The Bertz CT molecular complexity index is 313. The molecule has 0 aliphatic carbocycles. The fourth-order valence-electron chi connectivity index (χ4n) is 1.77. The van der Waals surface area contributed by atoms with Crippen LogP contribution in [0, 0.1) is 5.92 Å².